The summed E-state index contributed by atoms with van der Waals surface area (Å²) in [4.78, 5) is 0. The molecule has 0 aliphatic carbocycles. The van der Waals surface area contributed by atoms with Gasteiger partial charge < -0.3 is 24.7 Å². The molecule has 1 aliphatic heterocycles. The molecule has 0 aromatic heterocycles. The minimum Gasteiger partial charge on any atom is -0.313 e. The van der Waals surface area contributed by atoms with E-state index < -0.39 is 24.3 Å². The summed E-state index contributed by atoms with van der Waals surface area (Å²) in [5.74, 6) is -0.355. The zero-order valence-corrected chi connectivity index (χ0v) is 33.4. The van der Waals surface area contributed by atoms with Gasteiger partial charge in [0, 0.05) is 22.2 Å². The van der Waals surface area contributed by atoms with Crippen LogP contribution in [0.25, 0.3) is 0 Å². The number of nitrogens with zero attached hydrogens (tertiary/aromatic N) is 3. The largest absolute Gasteiger partial charge is 0.350 e. The van der Waals surface area contributed by atoms with Gasteiger partial charge in [0.2, 0.25) is 0 Å². The molecule has 1 aromatic carbocycles. The molecule has 1 fully saturated rings. The molecular weight excluding hydrogens is 601 g/mol. The van der Waals surface area contributed by atoms with Crippen molar-refractivity contribution in [3.63, 3.8) is 0 Å². The highest BCUT2D eigenvalue weighted by atomic mass is 31.2. The summed E-state index contributed by atoms with van der Waals surface area (Å²) in [7, 11) is -3.43. The van der Waals surface area contributed by atoms with Crippen LogP contribution < -0.4 is 0 Å². The number of hydroxylamine groups is 6. The lowest BCUT2D eigenvalue weighted by atomic mass is 9.82. The Bertz CT molecular complexity index is 1020. The van der Waals surface area contributed by atoms with Crippen molar-refractivity contribution in [2.75, 3.05) is 13.2 Å². The van der Waals surface area contributed by atoms with Crippen molar-refractivity contribution in [2.45, 2.75) is 171 Å². The number of rotatable bonds is 9. The zero-order valence-electron chi connectivity index (χ0n) is 32.5. The third-order valence-corrected chi connectivity index (χ3v) is 10.9. The van der Waals surface area contributed by atoms with E-state index in [0.29, 0.717) is 5.92 Å². The number of benzene rings is 1. The molecule has 0 saturated carbocycles. The van der Waals surface area contributed by atoms with Crippen LogP contribution in [-0.2, 0) is 13.6 Å². The van der Waals surface area contributed by atoms with Gasteiger partial charge in [0.25, 0.3) is 0 Å². The minimum absolute atomic E-state index is 0.0399. The predicted molar refractivity (Wildman–Crippen MR) is 191 cm³/mol. The molecule has 0 spiro atoms. The zero-order chi connectivity index (χ0) is 36.5. The second kappa shape index (κ2) is 17.7. The summed E-state index contributed by atoms with van der Waals surface area (Å²) in [5, 5.41) is 34.7. The summed E-state index contributed by atoms with van der Waals surface area (Å²) in [6, 6.07) is 10.2. The van der Waals surface area contributed by atoms with Gasteiger partial charge in [0.1, 0.15) is 5.78 Å². The second-order valence-corrected chi connectivity index (χ2v) is 19.1. The number of hydrogen-bond acceptors (Lipinski definition) is 9. The molecule has 0 radical (unpaired) electrons. The molecule has 3 N–H and O–H groups in total. The molecule has 1 aromatic rings. The van der Waals surface area contributed by atoms with Crippen LogP contribution >= 0.6 is 7.60 Å². The highest BCUT2D eigenvalue weighted by molar-refractivity contribution is 7.54. The molecule has 2 atom stereocenters. The summed E-state index contributed by atoms with van der Waals surface area (Å²) >= 11 is 0. The maximum Gasteiger partial charge on any atom is 0.350 e. The smallest absolute Gasteiger partial charge is 0.313 e. The highest BCUT2D eigenvalue weighted by Gasteiger charge is 2.50. The van der Waals surface area contributed by atoms with E-state index in [4.69, 9.17) is 9.05 Å². The van der Waals surface area contributed by atoms with Crippen LogP contribution in [0.15, 0.2) is 30.3 Å². The first kappa shape index (κ1) is 45.1. The van der Waals surface area contributed by atoms with Crippen LogP contribution in [0.3, 0.4) is 0 Å². The first-order valence-electron chi connectivity index (χ1n) is 17.0. The van der Waals surface area contributed by atoms with Crippen molar-refractivity contribution in [3.05, 3.63) is 35.9 Å². The fraction of sp³-hybridized carbons (Fsp3) is 0.833. The molecule has 1 aliphatic rings. The van der Waals surface area contributed by atoms with Gasteiger partial charge in [-0.2, -0.15) is 15.2 Å². The van der Waals surface area contributed by atoms with E-state index in [1.54, 1.807) is 13.8 Å². The molecule has 2 rings (SSSR count). The summed E-state index contributed by atoms with van der Waals surface area (Å²) in [5.41, 5.74) is -0.173. The molecule has 0 amide bonds. The quantitative estimate of drug-likeness (QED) is 0.174. The van der Waals surface area contributed by atoms with Gasteiger partial charge in [-0.1, -0.05) is 65.0 Å². The van der Waals surface area contributed by atoms with E-state index >= 15 is 0 Å². The standard InChI is InChI=1S/C14H23NO.C13H30NO4P.C9H19NO/c1-11(2)13(15(16)14(3,4)5)12-9-7-6-8-10-12;1-9-17-19(16,18-10-2)11(12(3,4)5)14(15)13(6,7)8;1-8(2)6-5-7-9(3,4)10(8)11/h6-11,13,16H,1-5H3;11,15H,9-10H2,1-8H3;11H,5-7H2,1-4H3. The van der Waals surface area contributed by atoms with Crippen LogP contribution in [-0.4, -0.2) is 72.0 Å². The summed E-state index contributed by atoms with van der Waals surface area (Å²) in [6.07, 6.45) is 3.40. The Kier molecular flexibility index (Phi) is 17.4. The normalized spacial score (nSPS) is 18.8. The maximum absolute atomic E-state index is 13.0. The van der Waals surface area contributed by atoms with Crippen molar-refractivity contribution < 1.29 is 29.2 Å². The Labute approximate surface area is 283 Å². The average molecular weight is 674 g/mol. The molecule has 272 valence electrons. The van der Waals surface area contributed by atoms with Gasteiger partial charge in [0.05, 0.1) is 19.3 Å². The number of piperidine rings is 1. The first-order chi connectivity index (χ1) is 20.6. The van der Waals surface area contributed by atoms with Gasteiger partial charge in [-0.05, 0) is 119 Å². The van der Waals surface area contributed by atoms with Gasteiger partial charge >= 0.3 is 7.60 Å². The fourth-order valence-corrected chi connectivity index (χ4v) is 8.38. The van der Waals surface area contributed by atoms with E-state index in [2.05, 4.69) is 53.7 Å². The third-order valence-electron chi connectivity index (χ3n) is 8.06. The van der Waals surface area contributed by atoms with E-state index in [0.717, 1.165) is 23.5 Å². The molecule has 0 bridgehead atoms. The molecule has 1 saturated heterocycles. The third kappa shape index (κ3) is 13.6. The van der Waals surface area contributed by atoms with E-state index in [9.17, 15) is 20.2 Å². The number of hydrogen-bond donors (Lipinski definition) is 3. The van der Waals surface area contributed by atoms with Crippen LogP contribution in [0.4, 0.5) is 0 Å². The van der Waals surface area contributed by atoms with Crippen LogP contribution in [0.2, 0.25) is 0 Å². The van der Waals surface area contributed by atoms with Crippen molar-refractivity contribution >= 4 is 7.60 Å². The molecule has 1 heterocycles. The van der Waals surface area contributed by atoms with E-state index in [1.807, 2.05) is 80.5 Å². The van der Waals surface area contributed by atoms with Crippen molar-refractivity contribution in [1.29, 1.82) is 0 Å². The Morgan fingerprint density at radius 2 is 1.20 bits per heavy atom. The lowest BCUT2D eigenvalue weighted by Gasteiger charge is -2.48. The van der Waals surface area contributed by atoms with Gasteiger partial charge in [0.15, 0.2) is 0 Å². The Hall–Kier alpha value is -0.870. The van der Waals surface area contributed by atoms with Crippen LogP contribution in [0, 0.1) is 11.3 Å². The van der Waals surface area contributed by atoms with Crippen molar-refractivity contribution in [1.82, 2.24) is 15.2 Å². The molecule has 9 nitrogen and oxygen atoms in total. The summed E-state index contributed by atoms with van der Waals surface area (Å²) in [6.45, 7) is 34.1. The monoisotopic (exact) mass is 674 g/mol. The van der Waals surface area contributed by atoms with Gasteiger partial charge in [-0.25, -0.2) is 0 Å². The lowest BCUT2D eigenvalue weighted by molar-refractivity contribution is -0.241. The Balaban J connectivity index is 0.000000681. The Morgan fingerprint density at radius 1 is 0.804 bits per heavy atom. The van der Waals surface area contributed by atoms with Crippen LogP contribution in [0.5, 0.6) is 0 Å². The molecular formula is C36H72N3O6P. The predicted octanol–water partition coefficient (Wildman–Crippen LogP) is 10.4. The maximum atomic E-state index is 13.0. The second-order valence-electron chi connectivity index (χ2n) is 17.0. The fourth-order valence-electron chi connectivity index (χ4n) is 5.74. The lowest BCUT2D eigenvalue weighted by Crippen LogP contribution is -2.56. The van der Waals surface area contributed by atoms with Crippen molar-refractivity contribution in [3.8, 4) is 0 Å². The van der Waals surface area contributed by atoms with Gasteiger partial charge in [-0.15, -0.1) is 0 Å². The topological polar surface area (TPSA) is 106 Å². The average Bonchev–Trinajstić information content (AvgIpc) is 2.87. The first-order valence-corrected chi connectivity index (χ1v) is 18.6. The van der Waals surface area contributed by atoms with Crippen LogP contribution in [0.1, 0.15) is 149 Å². The molecule has 46 heavy (non-hydrogen) atoms. The summed E-state index contributed by atoms with van der Waals surface area (Å²) < 4.78 is 23.8. The minimum atomic E-state index is -3.43. The SMILES string of the molecule is CC(C)C(c1ccccc1)N(O)C(C)(C)C.CC1(C)CCCC(C)(C)N1O.CCOP(=O)(OCC)C(N(O)C(C)(C)C)C(C)(C)C. The highest BCUT2D eigenvalue weighted by Crippen LogP contribution is 2.60. The van der Waals surface area contributed by atoms with Gasteiger partial charge in [-0.3, -0.25) is 4.57 Å². The molecule has 2 unspecified atom stereocenters. The molecule has 10 heteroatoms. The van der Waals surface area contributed by atoms with Crippen molar-refractivity contribution in [2.24, 2.45) is 11.3 Å². The van der Waals surface area contributed by atoms with E-state index in [1.165, 1.54) is 16.5 Å². The Morgan fingerprint density at radius 3 is 1.48 bits per heavy atom. The van der Waals surface area contributed by atoms with E-state index in [-0.39, 0.29) is 35.9 Å².